The quantitative estimate of drug-likeness (QED) is 0.625. The Labute approximate surface area is 135 Å². The van der Waals surface area contributed by atoms with Crippen LogP contribution in [0.1, 0.15) is 11.1 Å². The molecule has 4 nitrogen and oxygen atoms in total. The zero-order valence-corrected chi connectivity index (χ0v) is 13.3. The average molecular weight is 310 g/mol. The van der Waals surface area contributed by atoms with Gasteiger partial charge in [-0.15, -0.1) is 0 Å². The van der Waals surface area contributed by atoms with Crippen LogP contribution < -0.4 is 9.47 Å². The Hall–Kier alpha value is -2.75. The van der Waals surface area contributed by atoms with E-state index in [1.807, 2.05) is 50.2 Å². The maximum atomic E-state index is 12.3. The molecule has 3 rings (SSSR count). The third kappa shape index (κ3) is 3.06. The molecular formula is C19H18O4. The Kier molecular flexibility index (Phi) is 4.06. The van der Waals surface area contributed by atoms with Crippen molar-refractivity contribution < 1.29 is 19.0 Å². The molecule has 0 aliphatic heterocycles. The molecule has 0 radical (unpaired) electrons. The van der Waals surface area contributed by atoms with Crippen molar-refractivity contribution >= 4 is 5.97 Å². The normalized spacial score (nSPS) is 16.0. The largest absolute Gasteiger partial charge is 0.496 e. The first-order valence-electron chi connectivity index (χ1n) is 7.40. The number of esters is 1. The minimum atomic E-state index is -0.475. The minimum Gasteiger partial charge on any atom is -0.496 e. The first kappa shape index (κ1) is 15.2. The van der Waals surface area contributed by atoms with E-state index in [4.69, 9.17) is 14.2 Å². The van der Waals surface area contributed by atoms with Crippen LogP contribution in [0.3, 0.4) is 0 Å². The van der Waals surface area contributed by atoms with E-state index in [0.717, 1.165) is 16.9 Å². The highest BCUT2D eigenvalue weighted by atomic mass is 16.6. The van der Waals surface area contributed by atoms with E-state index in [2.05, 4.69) is 0 Å². The first-order valence-corrected chi connectivity index (χ1v) is 7.40. The second kappa shape index (κ2) is 6.16. The van der Waals surface area contributed by atoms with Gasteiger partial charge in [0.1, 0.15) is 17.1 Å². The van der Waals surface area contributed by atoms with Crippen LogP contribution in [0, 0.1) is 13.8 Å². The highest BCUT2D eigenvalue weighted by Crippen LogP contribution is 2.38. The van der Waals surface area contributed by atoms with Crippen LogP contribution in [0.5, 0.6) is 11.5 Å². The van der Waals surface area contributed by atoms with Crippen molar-refractivity contribution in [1.29, 1.82) is 0 Å². The monoisotopic (exact) mass is 310 g/mol. The summed E-state index contributed by atoms with van der Waals surface area (Å²) in [4.78, 5) is 12.3. The second-order valence-corrected chi connectivity index (χ2v) is 5.38. The molecule has 0 saturated carbocycles. The fourth-order valence-electron chi connectivity index (χ4n) is 2.35. The summed E-state index contributed by atoms with van der Waals surface area (Å²) < 4.78 is 16.5. The van der Waals surface area contributed by atoms with Gasteiger partial charge in [-0.3, -0.25) is 0 Å². The summed E-state index contributed by atoms with van der Waals surface area (Å²) in [6, 6.07) is 14.8. The zero-order chi connectivity index (χ0) is 16.4. The van der Waals surface area contributed by atoms with Crippen LogP contribution in [-0.2, 0) is 9.53 Å². The third-order valence-electron chi connectivity index (χ3n) is 3.88. The van der Waals surface area contributed by atoms with Gasteiger partial charge < -0.3 is 14.2 Å². The number of para-hydroxylation sites is 1. The Morgan fingerprint density at radius 1 is 1.00 bits per heavy atom. The molecular weight excluding hydrogens is 292 g/mol. The van der Waals surface area contributed by atoms with Gasteiger partial charge in [0.2, 0.25) is 0 Å². The lowest BCUT2D eigenvalue weighted by Crippen LogP contribution is -2.13. The lowest BCUT2D eigenvalue weighted by molar-refractivity contribution is -0.130. The van der Waals surface area contributed by atoms with Gasteiger partial charge in [-0.25, -0.2) is 4.79 Å². The molecule has 23 heavy (non-hydrogen) atoms. The summed E-state index contributed by atoms with van der Waals surface area (Å²) in [5.41, 5.74) is 2.61. The number of ether oxygens (including phenoxy) is 3. The van der Waals surface area contributed by atoms with Crippen LogP contribution in [-0.4, -0.2) is 19.2 Å². The van der Waals surface area contributed by atoms with E-state index in [-0.39, 0.29) is 0 Å². The van der Waals surface area contributed by atoms with Crippen molar-refractivity contribution in [2.45, 2.75) is 20.0 Å². The SMILES string of the molecule is COC1=C(C(=O)Oc2ccccc2)C1Oc1cccc(C)c1C. The van der Waals surface area contributed by atoms with Crippen molar-refractivity contribution in [1.82, 2.24) is 0 Å². The minimum absolute atomic E-state index is 0.428. The van der Waals surface area contributed by atoms with Crippen molar-refractivity contribution in [2.75, 3.05) is 7.11 Å². The number of rotatable bonds is 5. The zero-order valence-electron chi connectivity index (χ0n) is 13.3. The van der Waals surface area contributed by atoms with Gasteiger partial charge >= 0.3 is 5.97 Å². The molecule has 2 aromatic rings. The van der Waals surface area contributed by atoms with Gasteiger partial charge in [0.05, 0.1) is 7.11 Å². The summed E-state index contributed by atoms with van der Waals surface area (Å²) in [5, 5.41) is 0. The lowest BCUT2D eigenvalue weighted by atomic mass is 10.1. The molecule has 0 spiro atoms. The van der Waals surface area contributed by atoms with E-state index < -0.39 is 12.1 Å². The Balaban J connectivity index is 1.71. The van der Waals surface area contributed by atoms with Crippen LogP contribution >= 0.6 is 0 Å². The van der Waals surface area contributed by atoms with Crippen molar-refractivity contribution in [3.63, 3.8) is 0 Å². The van der Waals surface area contributed by atoms with E-state index >= 15 is 0 Å². The van der Waals surface area contributed by atoms with Gasteiger partial charge in [0.25, 0.3) is 0 Å². The predicted molar refractivity (Wildman–Crippen MR) is 86.4 cm³/mol. The molecule has 2 aromatic carbocycles. The lowest BCUT2D eigenvalue weighted by Gasteiger charge is -2.11. The topological polar surface area (TPSA) is 44.8 Å². The van der Waals surface area contributed by atoms with Crippen LogP contribution in [0.2, 0.25) is 0 Å². The standard InChI is InChI=1S/C19H18O4/c1-12-8-7-11-15(13(12)2)23-18-16(17(18)21-3)19(20)22-14-9-5-4-6-10-14/h4-11,18H,1-3H3. The Bertz CT molecular complexity index is 762. The molecule has 1 unspecified atom stereocenters. The average Bonchev–Trinajstić information content (AvgIpc) is 3.25. The third-order valence-corrected chi connectivity index (χ3v) is 3.88. The molecule has 1 atom stereocenters. The number of carbonyl (C=O) groups excluding carboxylic acids is 1. The Morgan fingerprint density at radius 3 is 2.43 bits per heavy atom. The first-order chi connectivity index (χ1) is 11.1. The molecule has 118 valence electrons. The molecule has 1 aliphatic rings. The number of benzene rings is 2. The maximum Gasteiger partial charge on any atom is 0.347 e. The molecule has 0 saturated heterocycles. The fraction of sp³-hybridized carbons (Fsp3) is 0.211. The summed E-state index contributed by atoms with van der Waals surface area (Å²) >= 11 is 0. The molecule has 0 fully saturated rings. The maximum absolute atomic E-state index is 12.3. The van der Waals surface area contributed by atoms with Gasteiger partial charge in [-0.2, -0.15) is 0 Å². The van der Waals surface area contributed by atoms with E-state index in [1.165, 1.54) is 7.11 Å². The van der Waals surface area contributed by atoms with Crippen LogP contribution in [0.4, 0.5) is 0 Å². The van der Waals surface area contributed by atoms with Crippen LogP contribution in [0.15, 0.2) is 59.9 Å². The Morgan fingerprint density at radius 2 is 1.74 bits per heavy atom. The van der Waals surface area contributed by atoms with Crippen molar-refractivity contribution in [3.05, 3.63) is 71.0 Å². The number of carbonyl (C=O) groups is 1. The highest BCUT2D eigenvalue weighted by molar-refractivity contribution is 5.98. The van der Waals surface area contributed by atoms with E-state index in [0.29, 0.717) is 17.1 Å². The second-order valence-electron chi connectivity index (χ2n) is 5.38. The summed E-state index contributed by atoms with van der Waals surface area (Å²) in [7, 11) is 1.53. The smallest absolute Gasteiger partial charge is 0.347 e. The van der Waals surface area contributed by atoms with Gasteiger partial charge in [-0.1, -0.05) is 30.3 Å². The van der Waals surface area contributed by atoms with Crippen LogP contribution in [0.25, 0.3) is 0 Å². The molecule has 0 N–H and O–H groups in total. The molecule has 0 bridgehead atoms. The molecule has 4 heteroatoms. The van der Waals surface area contributed by atoms with Gasteiger partial charge in [0.15, 0.2) is 11.9 Å². The number of hydrogen-bond donors (Lipinski definition) is 0. The number of methoxy groups -OCH3 is 1. The summed E-state index contributed by atoms with van der Waals surface area (Å²) in [6.45, 7) is 4.01. The summed E-state index contributed by atoms with van der Waals surface area (Å²) in [5.74, 6) is 1.32. The van der Waals surface area contributed by atoms with E-state index in [1.54, 1.807) is 12.1 Å². The number of aryl methyl sites for hydroxylation is 1. The summed E-state index contributed by atoms with van der Waals surface area (Å²) in [6.07, 6.45) is -0.475. The van der Waals surface area contributed by atoms with E-state index in [9.17, 15) is 4.79 Å². The highest BCUT2D eigenvalue weighted by Gasteiger charge is 2.47. The fourth-order valence-corrected chi connectivity index (χ4v) is 2.35. The van der Waals surface area contributed by atoms with Crippen molar-refractivity contribution in [2.24, 2.45) is 0 Å². The van der Waals surface area contributed by atoms with Gasteiger partial charge in [-0.05, 0) is 43.2 Å². The molecule has 0 amide bonds. The molecule has 0 heterocycles. The van der Waals surface area contributed by atoms with Gasteiger partial charge in [0, 0.05) is 0 Å². The number of hydrogen-bond acceptors (Lipinski definition) is 4. The molecule has 0 aromatic heterocycles. The predicted octanol–water partition coefficient (Wildman–Crippen LogP) is 3.57. The molecule has 1 aliphatic carbocycles. The van der Waals surface area contributed by atoms with Crippen molar-refractivity contribution in [3.8, 4) is 11.5 Å².